The van der Waals surface area contributed by atoms with Crippen molar-refractivity contribution in [3.63, 3.8) is 0 Å². The number of thiazole rings is 1. The molecule has 1 aromatic heterocycles. The molecule has 0 bridgehead atoms. The summed E-state index contributed by atoms with van der Waals surface area (Å²) in [4.78, 5) is 16.1. The van der Waals surface area contributed by atoms with Crippen molar-refractivity contribution in [1.82, 2.24) is 15.6 Å². The van der Waals surface area contributed by atoms with E-state index in [0.717, 1.165) is 36.5 Å². The molecule has 1 fully saturated rings. The number of hydrogen-bond donors (Lipinski definition) is 2. The third-order valence-corrected chi connectivity index (χ3v) is 3.76. The van der Waals surface area contributed by atoms with Crippen LogP contribution in [-0.2, 0) is 17.8 Å². The van der Waals surface area contributed by atoms with E-state index in [-0.39, 0.29) is 11.9 Å². The van der Waals surface area contributed by atoms with Gasteiger partial charge in [-0.3, -0.25) is 4.79 Å². The number of nitrogens with zero attached hydrogens (tertiary/aromatic N) is 1. The first kappa shape index (κ1) is 11.5. The first-order chi connectivity index (χ1) is 7.79. The SMILES string of the molecule is CCc1nc(CNC(=O)C2CCCN2)cs1. The van der Waals surface area contributed by atoms with Crippen molar-refractivity contribution in [2.45, 2.75) is 38.8 Å². The molecule has 0 aliphatic carbocycles. The van der Waals surface area contributed by atoms with Crippen molar-refractivity contribution in [2.24, 2.45) is 0 Å². The molecule has 1 amide bonds. The zero-order valence-electron chi connectivity index (χ0n) is 9.45. The fraction of sp³-hybridized carbons (Fsp3) is 0.636. The highest BCUT2D eigenvalue weighted by atomic mass is 32.1. The molecule has 0 saturated carbocycles. The fourth-order valence-electron chi connectivity index (χ4n) is 1.80. The summed E-state index contributed by atoms with van der Waals surface area (Å²) in [7, 11) is 0. The van der Waals surface area contributed by atoms with E-state index in [1.165, 1.54) is 0 Å². The number of carbonyl (C=O) groups is 1. The minimum Gasteiger partial charge on any atom is -0.349 e. The van der Waals surface area contributed by atoms with Crippen LogP contribution in [-0.4, -0.2) is 23.5 Å². The lowest BCUT2D eigenvalue weighted by atomic mass is 10.2. The molecule has 1 atom stereocenters. The summed E-state index contributed by atoms with van der Waals surface area (Å²) in [6.07, 6.45) is 3.00. The molecule has 16 heavy (non-hydrogen) atoms. The van der Waals surface area contributed by atoms with Gasteiger partial charge in [0.2, 0.25) is 5.91 Å². The second-order valence-corrected chi connectivity index (χ2v) is 4.90. The predicted molar refractivity (Wildman–Crippen MR) is 64.4 cm³/mol. The minimum absolute atomic E-state index is 0.00396. The minimum atomic E-state index is 0.00396. The molecule has 0 radical (unpaired) electrons. The lowest BCUT2D eigenvalue weighted by Crippen LogP contribution is -2.40. The Hall–Kier alpha value is -0.940. The Labute approximate surface area is 99.5 Å². The second-order valence-electron chi connectivity index (χ2n) is 3.95. The highest BCUT2D eigenvalue weighted by molar-refractivity contribution is 7.09. The van der Waals surface area contributed by atoms with Crippen molar-refractivity contribution in [3.05, 3.63) is 16.1 Å². The molecule has 2 rings (SSSR count). The van der Waals surface area contributed by atoms with Crippen LogP contribution in [0.5, 0.6) is 0 Å². The van der Waals surface area contributed by atoms with E-state index >= 15 is 0 Å². The summed E-state index contributed by atoms with van der Waals surface area (Å²) < 4.78 is 0. The topological polar surface area (TPSA) is 54.0 Å². The quantitative estimate of drug-likeness (QED) is 0.826. The van der Waals surface area contributed by atoms with Crippen LogP contribution in [0.1, 0.15) is 30.5 Å². The van der Waals surface area contributed by atoms with Gasteiger partial charge < -0.3 is 10.6 Å². The molecule has 88 valence electrons. The Morgan fingerprint density at radius 3 is 3.25 bits per heavy atom. The van der Waals surface area contributed by atoms with Gasteiger partial charge in [-0.15, -0.1) is 11.3 Å². The van der Waals surface area contributed by atoms with Gasteiger partial charge in [-0.05, 0) is 25.8 Å². The molecule has 2 heterocycles. The van der Waals surface area contributed by atoms with Crippen molar-refractivity contribution in [2.75, 3.05) is 6.54 Å². The first-order valence-corrected chi connectivity index (χ1v) is 6.62. The van der Waals surface area contributed by atoms with Crippen LogP contribution in [0.3, 0.4) is 0 Å². The molecule has 1 saturated heterocycles. The number of amides is 1. The standard InChI is InChI=1S/C11H17N3OS/c1-2-10-14-8(7-16-10)6-13-11(15)9-4-3-5-12-9/h7,9,12H,2-6H2,1H3,(H,13,15). The number of hydrogen-bond acceptors (Lipinski definition) is 4. The third-order valence-electron chi connectivity index (χ3n) is 2.72. The lowest BCUT2D eigenvalue weighted by molar-refractivity contribution is -0.122. The molecule has 1 aliphatic rings. The smallest absolute Gasteiger partial charge is 0.237 e. The summed E-state index contributed by atoms with van der Waals surface area (Å²) in [6, 6.07) is 0.00396. The van der Waals surface area contributed by atoms with Crippen LogP contribution in [0.4, 0.5) is 0 Å². The number of nitrogens with one attached hydrogen (secondary N) is 2. The average molecular weight is 239 g/mol. The molecule has 4 nitrogen and oxygen atoms in total. The Morgan fingerprint density at radius 2 is 2.62 bits per heavy atom. The Balaban J connectivity index is 1.80. The highest BCUT2D eigenvalue weighted by Gasteiger charge is 2.21. The molecule has 0 aromatic carbocycles. The molecular weight excluding hydrogens is 222 g/mol. The van der Waals surface area contributed by atoms with Crippen molar-refractivity contribution in [1.29, 1.82) is 0 Å². The molecule has 1 aromatic rings. The van der Waals surface area contributed by atoms with Gasteiger partial charge in [0.15, 0.2) is 0 Å². The molecule has 1 aliphatic heterocycles. The molecule has 2 N–H and O–H groups in total. The van der Waals surface area contributed by atoms with Gasteiger partial charge in [0.25, 0.3) is 0 Å². The van der Waals surface area contributed by atoms with Gasteiger partial charge in [0, 0.05) is 5.38 Å². The molecule has 1 unspecified atom stereocenters. The lowest BCUT2D eigenvalue weighted by Gasteiger charge is -2.09. The highest BCUT2D eigenvalue weighted by Crippen LogP contribution is 2.10. The monoisotopic (exact) mass is 239 g/mol. The van der Waals surface area contributed by atoms with Crippen LogP contribution in [0.15, 0.2) is 5.38 Å². The fourth-order valence-corrected chi connectivity index (χ4v) is 2.55. The van der Waals surface area contributed by atoms with Crippen LogP contribution >= 0.6 is 11.3 Å². The maximum atomic E-state index is 11.7. The Morgan fingerprint density at radius 1 is 1.75 bits per heavy atom. The summed E-state index contributed by atoms with van der Waals surface area (Å²) in [5.74, 6) is 0.101. The summed E-state index contributed by atoms with van der Waals surface area (Å²) >= 11 is 1.66. The zero-order chi connectivity index (χ0) is 11.4. The maximum absolute atomic E-state index is 11.7. The van der Waals surface area contributed by atoms with Gasteiger partial charge in [0.1, 0.15) is 0 Å². The number of rotatable bonds is 4. The van der Waals surface area contributed by atoms with E-state index in [1.54, 1.807) is 11.3 Å². The first-order valence-electron chi connectivity index (χ1n) is 5.74. The number of aryl methyl sites for hydroxylation is 1. The van der Waals surface area contributed by atoms with Crippen LogP contribution in [0.2, 0.25) is 0 Å². The van der Waals surface area contributed by atoms with Gasteiger partial charge in [0.05, 0.1) is 23.3 Å². The molecule has 5 heteroatoms. The van der Waals surface area contributed by atoms with E-state index in [1.807, 2.05) is 5.38 Å². The summed E-state index contributed by atoms with van der Waals surface area (Å²) in [5.41, 5.74) is 0.966. The second kappa shape index (κ2) is 5.41. The Bertz CT molecular complexity index is 358. The van der Waals surface area contributed by atoms with Crippen molar-refractivity contribution >= 4 is 17.2 Å². The van der Waals surface area contributed by atoms with Gasteiger partial charge >= 0.3 is 0 Å². The molecular formula is C11H17N3OS. The van der Waals surface area contributed by atoms with Crippen LogP contribution in [0, 0.1) is 0 Å². The van der Waals surface area contributed by atoms with E-state index in [9.17, 15) is 4.79 Å². The summed E-state index contributed by atoms with van der Waals surface area (Å²) in [6.45, 7) is 3.59. The molecule has 0 spiro atoms. The van der Waals surface area contributed by atoms with Gasteiger partial charge in [-0.2, -0.15) is 0 Å². The van der Waals surface area contributed by atoms with E-state index in [2.05, 4.69) is 22.5 Å². The van der Waals surface area contributed by atoms with E-state index in [4.69, 9.17) is 0 Å². The predicted octanol–water partition coefficient (Wildman–Crippen LogP) is 1.07. The van der Waals surface area contributed by atoms with E-state index < -0.39 is 0 Å². The normalized spacial score (nSPS) is 19.9. The third kappa shape index (κ3) is 2.80. The van der Waals surface area contributed by atoms with Crippen molar-refractivity contribution < 1.29 is 4.79 Å². The summed E-state index contributed by atoms with van der Waals surface area (Å²) in [5, 5.41) is 9.24. The van der Waals surface area contributed by atoms with Crippen molar-refractivity contribution in [3.8, 4) is 0 Å². The maximum Gasteiger partial charge on any atom is 0.237 e. The number of aromatic nitrogens is 1. The van der Waals surface area contributed by atoms with Gasteiger partial charge in [-0.1, -0.05) is 6.92 Å². The largest absolute Gasteiger partial charge is 0.349 e. The van der Waals surface area contributed by atoms with Crippen LogP contribution < -0.4 is 10.6 Å². The number of carbonyl (C=O) groups excluding carboxylic acids is 1. The average Bonchev–Trinajstić information content (AvgIpc) is 2.96. The van der Waals surface area contributed by atoms with E-state index in [0.29, 0.717) is 6.54 Å². The Kier molecular flexibility index (Phi) is 3.90. The zero-order valence-corrected chi connectivity index (χ0v) is 10.3. The van der Waals surface area contributed by atoms with Gasteiger partial charge in [-0.25, -0.2) is 4.98 Å². The van der Waals surface area contributed by atoms with Crippen LogP contribution in [0.25, 0.3) is 0 Å².